The number of hydrogen-bond acceptors (Lipinski definition) is 2. The molecule has 1 aliphatic rings. The summed E-state index contributed by atoms with van der Waals surface area (Å²) in [6.45, 7) is 0. The van der Waals surface area contributed by atoms with Crippen LogP contribution in [0.25, 0.3) is 0 Å². The van der Waals surface area contributed by atoms with Gasteiger partial charge in [0.1, 0.15) is 0 Å². The van der Waals surface area contributed by atoms with E-state index in [0.29, 0.717) is 6.42 Å². The fourth-order valence-corrected chi connectivity index (χ4v) is 2.86. The van der Waals surface area contributed by atoms with Crippen LogP contribution in [0.15, 0.2) is 33.8 Å². The van der Waals surface area contributed by atoms with E-state index in [9.17, 15) is 4.79 Å². The van der Waals surface area contributed by atoms with Crippen LogP contribution < -0.4 is 5.43 Å². The minimum atomic E-state index is 0.0175. The molecule has 0 unspecified atom stereocenters. The number of benzene rings is 1. The predicted molar refractivity (Wildman–Crippen MR) is 85.7 cm³/mol. The van der Waals surface area contributed by atoms with E-state index in [0.717, 1.165) is 22.4 Å². The van der Waals surface area contributed by atoms with Gasteiger partial charge in [0.15, 0.2) is 0 Å². The molecule has 20 heavy (non-hydrogen) atoms. The highest BCUT2D eigenvalue weighted by molar-refractivity contribution is 9.10. The van der Waals surface area contributed by atoms with E-state index in [2.05, 4.69) is 26.5 Å². The lowest BCUT2D eigenvalue weighted by molar-refractivity contribution is -0.121. The molecule has 0 radical (unpaired) electrons. The Labute approximate surface area is 129 Å². The number of halogens is 1. The van der Waals surface area contributed by atoms with Gasteiger partial charge < -0.3 is 0 Å². The molecule has 4 heteroatoms. The van der Waals surface area contributed by atoms with E-state index >= 15 is 0 Å². The fraction of sp³-hybridized carbons (Fsp3) is 0.500. The van der Waals surface area contributed by atoms with Crippen molar-refractivity contribution in [2.75, 3.05) is 0 Å². The van der Waals surface area contributed by atoms with Gasteiger partial charge in [-0.25, -0.2) is 5.43 Å². The summed E-state index contributed by atoms with van der Waals surface area (Å²) in [6, 6.07) is 7.79. The van der Waals surface area contributed by atoms with Crippen LogP contribution in [-0.2, 0) is 4.79 Å². The summed E-state index contributed by atoms with van der Waals surface area (Å²) < 4.78 is 1.03. The third kappa shape index (κ3) is 5.45. The molecule has 108 valence electrons. The van der Waals surface area contributed by atoms with E-state index in [1.165, 1.54) is 32.1 Å². The molecular weight excluding hydrogens is 316 g/mol. The molecule has 1 fully saturated rings. The molecule has 1 amide bonds. The first-order valence-corrected chi connectivity index (χ1v) is 8.11. The molecule has 1 aliphatic carbocycles. The molecule has 1 saturated carbocycles. The topological polar surface area (TPSA) is 41.5 Å². The van der Waals surface area contributed by atoms with Gasteiger partial charge in [-0.15, -0.1) is 0 Å². The van der Waals surface area contributed by atoms with Crippen LogP contribution in [0.4, 0.5) is 0 Å². The zero-order valence-corrected chi connectivity index (χ0v) is 13.2. The summed E-state index contributed by atoms with van der Waals surface area (Å²) in [5.74, 6) is 0.758. The monoisotopic (exact) mass is 336 g/mol. The number of nitrogens with zero attached hydrogens (tertiary/aromatic N) is 1. The third-order valence-corrected chi connectivity index (χ3v) is 4.31. The number of hydrazone groups is 1. The second-order valence-corrected chi connectivity index (χ2v) is 6.30. The average Bonchev–Trinajstić information content (AvgIpc) is 2.48. The quantitative estimate of drug-likeness (QED) is 0.633. The van der Waals surface area contributed by atoms with Crippen LogP contribution in [0.3, 0.4) is 0 Å². The zero-order valence-electron chi connectivity index (χ0n) is 11.6. The molecule has 3 nitrogen and oxygen atoms in total. The van der Waals surface area contributed by atoms with Crippen LogP contribution in [0.1, 0.15) is 50.5 Å². The Morgan fingerprint density at radius 3 is 2.65 bits per heavy atom. The third-order valence-electron chi connectivity index (χ3n) is 3.78. The Hall–Kier alpha value is -1.16. The summed E-state index contributed by atoms with van der Waals surface area (Å²) in [5.41, 5.74) is 3.58. The Morgan fingerprint density at radius 1 is 1.25 bits per heavy atom. The largest absolute Gasteiger partial charge is 0.273 e. The number of rotatable bonds is 5. The SMILES string of the molecule is O=C(CCC1CCCCC1)N/N=C\c1ccc(Br)cc1. The molecule has 0 spiro atoms. The maximum atomic E-state index is 11.7. The standard InChI is InChI=1S/C16H21BrN2O/c17-15-9-6-14(7-10-15)12-18-19-16(20)11-8-13-4-2-1-3-5-13/h6-7,9-10,12-13H,1-5,8,11H2,(H,19,20)/b18-12-. The van der Waals surface area contributed by atoms with Gasteiger partial charge in [-0.3, -0.25) is 4.79 Å². The zero-order chi connectivity index (χ0) is 14.2. The van der Waals surface area contributed by atoms with Gasteiger partial charge in [-0.05, 0) is 30.0 Å². The molecule has 0 atom stereocenters. The van der Waals surface area contributed by atoms with Crippen molar-refractivity contribution in [3.63, 3.8) is 0 Å². The molecule has 0 saturated heterocycles. The first-order chi connectivity index (χ1) is 9.74. The Bertz CT molecular complexity index is 450. The van der Waals surface area contributed by atoms with Gasteiger partial charge in [-0.2, -0.15) is 5.10 Å². The number of carbonyl (C=O) groups is 1. The van der Waals surface area contributed by atoms with E-state index in [1.807, 2.05) is 24.3 Å². The Morgan fingerprint density at radius 2 is 1.95 bits per heavy atom. The van der Waals surface area contributed by atoms with Gasteiger partial charge in [-0.1, -0.05) is 60.2 Å². The van der Waals surface area contributed by atoms with Crippen molar-refractivity contribution in [2.24, 2.45) is 11.0 Å². The number of amides is 1. The normalized spacial score (nSPS) is 16.4. The van der Waals surface area contributed by atoms with Crippen LogP contribution in [0.2, 0.25) is 0 Å². The maximum absolute atomic E-state index is 11.7. The van der Waals surface area contributed by atoms with Crippen LogP contribution >= 0.6 is 15.9 Å². The highest BCUT2D eigenvalue weighted by atomic mass is 79.9. The first kappa shape index (κ1) is 15.2. The van der Waals surface area contributed by atoms with Crippen molar-refractivity contribution in [1.82, 2.24) is 5.43 Å². The van der Waals surface area contributed by atoms with Crippen molar-refractivity contribution in [3.05, 3.63) is 34.3 Å². The second kappa shape index (κ2) is 8.20. The summed E-state index contributed by atoms with van der Waals surface area (Å²) >= 11 is 3.38. The van der Waals surface area contributed by atoms with Gasteiger partial charge in [0.25, 0.3) is 0 Å². The molecule has 2 rings (SSSR count). The highest BCUT2D eigenvalue weighted by Gasteiger charge is 2.14. The van der Waals surface area contributed by atoms with Crippen LogP contribution in [-0.4, -0.2) is 12.1 Å². The summed E-state index contributed by atoms with van der Waals surface area (Å²) in [7, 11) is 0. The van der Waals surface area contributed by atoms with Gasteiger partial charge >= 0.3 is 0 Å². The Balaban J connectivity index is 1.67. The lowest BCUT2D eigenvalue weighted by atomic mass is 9.86. The molecule has 1 N–H and O–H groups in total. The minimum absolute atomic E-state index is 0.0175. The predicted octanol–water partition coefficient (Wildman–Crippen LogP) is 4.26. The van der Waals surface area contributed by atoms with Gasteiger partial charge in [0, 0.05) is 10.9 Å². The summed E-state index contributed by atoms with van der Waals surface area (Å²) in [6.07, 6.45) is 9.85. The molecule has 0 bridgehead atoms. The van der Waals surface area contributed by atoms with Crippen LogP contribution in [0.5, 0.6) is 0 Å². The Kier molecular flexibility index (Phi) is 6.25. The van der Waals surface area contributed by atoms with Crippen molar-refractivity contribution in [1.29, 1.82) is 0 Å². The average molecular weight is 337 g/mol. The van der Waals surface area contributed by atoms with Crippen molar-refractivity contribution < 1.29 is 4.79 Å². The lowest BCUT2D eigenvalue weighted by Crippen LogP contribution is -2.19. The van der Waals surface area contributed by atoms with E-state index in [-0.39, 0.29) is 5.91 Å². The smallest absolute Gasteiger partial charge is 0.240 e. The van der Waals surface area contributed by atoms with E-state index in [1.54, 1.807) is 6.21 Å². The number of hydrogen-bond donors (Lipinski definition) is 1. The van der Waals surface area contributed by atoms with Crippen molar-refractivity contribution in [3.8, 4) is 0 Å². The van der Waals surface area contributed by atoms with Gasteiger partial charge in [0.05, 0.1) is 6.21 Å². The summed E-state index contributed by atoms with van der Waals surface area (Å²) in [5, 5.41) is 4.00. The highest BCUT2D eigenvalue weighted by Crippen LogP contribution is 2.27. The molecule has 0 aliphatic heterocycles. The number of nitrogens with one attached hydrogen (secondary N) is 1. The molecular formula is C16H21BrN2O. The van der Waals surface area contributed by atoms with Crippen molar-refractivity contribution >= 4 is 28.1 Å². The summed E-state index contributed by atoms with van der Waals surface area (Å²) in [4.78, 5) is 11.7. The molecule has 1 aromatic carbocycles. The minimum Gasteiger partial charge on any atom is -0.273 e. The lowest BCUT2D eigenvalue weighted by Gasteiger charge is -2.20. The van der Waals surface area contributed by atoms with Crippen molar-refractivity contribution in [2.45, 2.75) is 44.9 Å². The fourth-order valence-electron chi connectivity index (χ4n) is 2.59. The van der Waals surface area contributed by atoms with E-state index < -0.39 is 0 Å². The van der Waals surface area contributed by atoms with Crippen LogP contribution in [0, 0.1) is 5.92 Å². The second-order valence-electron chi connectivity index (χ2n) is 5.39. The first-order valence-electron chi connectivity index (χ1n) is 7.31. The molecule has 0 aromatic heterocycles. The maximum Gasteiger partial charge on any atom is 0.240 e. The van der Waals surface area contributed by atoms with E-state index in [4.69, 9.17) is 0 Å². The number of carbonyl (C=O) groups excluding carboxylic acids is 1. The molecule has 0 heterocycles. The molecule has 1 aromatic rings. The van der Waals surface area contributed by atoms with Gasteiger partial charge in [0.2, 0.25) is 5.91 Å².